The molecule has 0 aliphatic rings. The number of aliphatic imine (C=N–C) groups is 1. The number of hydrogen-bond acceptors (Lipinski definition) is 1. The van der Waals surface area contributed by atoms with E-state index in [0.717, 1.165) is 0 Å². The summed E-state index contributed by atoms with van der Waals surface area (Å²) in [5, 5.41) is 0.491. The Labute approximate surface area is 89.3 Å². The van der Waals surface area contributed by atoms with E-state index < -0.39 is 0 Å². The molecule has 5 heteroatoms. The zero-order chi connectivity index (χ0) is 8.15. The van der Waals surface area contributed by atoms with Gasteiger partial charge in [0, 0.05) is 19.1 Å². The lowest BCUT2D eigenvalue weighted by Gasteiger charge is -2.09. The van der Waals surface area contributed by atoms with Crippen LogP contribution in [0.2, 0.25) is 0 Å². The molecule has 0 spiro atoms. The van der Waals surface area contributed by atoms with Gasteiger partial charge in [0.05, 0.1) is 6.54 Å². The molecule has 0 saturated carbocycles. The molecule has 0 radical (unpaired) electrons. The van der Waals surface area contributed by atoms with Gasteiger partial charge in [-0.25, -0.2) is 4.99 Å². The van der Waals surface area contributed by atoms with E-state index in [1.165, 1.54) is 0 Å². The molecule has 0 aromatic heterocycles. The normalized spacial score (nSPS) is 10.3. The molecule has 0 fully saturated rings. The molecule has 0 aromatic carbocycles. The number of guanidine groups is 1. The highest BCUT2D eigenvalue weighted by Crippen LogP contribution is 1.95. The average molecular weight is 290 g/mol. The van der Waals surface area contributed by atoms with Gasteiger partial charge in [-0.2, -0.15) is 0 Å². The van der Waals surface area contributed by atoms with Crippen molar-refractivity contribution < 1.29 is 0 Å². The molecular weight excluding hydrogens is 276 g/mol. The number of halogens is 2. The highest BCUT2D eigenvalue weighted by molar-refractivity contribution is 14.0. The fraction of sp³-hybridized carbons (Fsp3) is 0.500. The van der Waals surface area contributed by atoms with Crippen LogP contribution in [0.5, 0.6) is 0 Å². The van der Waals surface area contributed by atoms with Crippen LogP contribution in [0.25, 0.3) is 0 Å². The molecule has 0 atom stereocenters. The van der Waals surface area contributed by atoms with Gasteiger partial charge in [0.1, 0.15) is 0 Å². The smallest absolute Gasteiger partial charge is 0.191 e. The zero-order valence-corrected chi connectivity index (χ0v) is 9.76. The van der Waals surface area contributed by atoms with Crippen LogP contribution in [0.4, 0.5) is 0 Å². The molecule has 0 heterocycles. The van der Waals surface area contributed by atoms with E-state index in [4.69, 9.17) is 17.3 Å². The molecule has 0 saturated heterocycles. The lowest BCUT2D eigenvalue weighted by Crippen LogP contribution is -2.30. The predicted octanol–water partition coefficient (Wildman–Crippen LogP) is 1.23. The molecule has 0 aliphatic carbocycles. The van der Waals surface area contributed by atoms with Crippen molar-refractivity contribution in [3.8, 4) is 0 Å². The maximum absolute atomic E-state index is 5.45. The van der Waals surface area contributed by atoms with Gasteiger partial charge in [-0.1, -0.05) is 18.2 Å². The molecule has 0 rings (SSSR count). The summed E-state index contributed by atoms with van der Waals surface area (Å²) in [5.41, 5.74) is 5.44. The zero-order valence-electron chi connectivity index (χ0n) is 6.67. The van der Waals surface area contributed by atoms with E-state index in [1.807, 2.05) is 14.1 Å². The Kier molecular flexibility index (Phi) is 8.32. The van der Waals surface area contributed by atoms with Crippen molar-refractivity contribution in [2.45, 2.75) is 0 Å². The Hall–Kier alpha value is 0.0300. The molecular formula is C6H13ClIN3. The third-order valence-corrected chi connectivity index (χ3v) is 0.990. The van der Waals surface area contributed by atoms with Crippen LogP contribution >= 0.6 is 35.6 Å². The Morgan fingerprint density at radius 3 is 2.36 bits per heavy atom. The predicted molar refractivity (Wildman–Crippen MR) is 60.6 cm³/mol. The van der Waals surface area contributed by atoms with Crippen LogP contribution in [-0.4, -0.2) is 31.5 Å². The molecule has 0 aliphatic heterocycles. The van der Waals surface area contributed by atoms with E-state index in [2.05, 4.69) is 11.6 Å². The van der Waals surface area contributed by atoms with E-state index in [0.29, 0.717) is 17.5 Å². The summed E-state index contributed by atoms with van der Waals surface area (Å²) in [4.78, 5) is 5.62. The summed E-state index contributed by atoms with van der Waals surface area (Å²) in [6.45, 7) is 3.85. The Morgan fingerprint density at radius 1 is 1.64 bits per heavy atom. The van der Waals surface area contributed by atoms with Crippen LogP contribution in [0.15, 0.2) is 16.6 Å². The maximum Gasteiger partial charge on any atom is 0.191 e. The van der Waals surface area contributed by atoms with E-state index in [9.17, 15) is 0 Å². The second-order valence-corrected chi connectivity index (χ2v) is 2.62. The summed E-state index contributed by atoms with van der Waals surface area (Å²) in [6.07, 6.45) is 0. The lowest BCUT2D eigenvalue weighted by molar-refractivity contribution is 0.611. The van der Waals surface area contributed by atoms with Gasteiger partial charge < -0.3 is 10.6 Å². The Balaban J connectivity index is 0. The minimum absolute atomic E-state index is 0. The van der Waals surface area contributed by atoms with Gasteiger partial charge in [0.2, 0.25) is 0 Å². The molecule has 11 heavy (non-hydrogen) atoms. The molecule has 66 valence electrons. The topological polar surface area (TPSA) is 41.6 Å². The Bertz CT molecular complexity index is 156. The standard InChI is InChI=1S/C6H12ClN3.HI/c1-5(7)4-9-6(8)10(2)3;/h1,4H2,2-3H3,(H2,8,9);1H. The van der Waals surface area contributed by atoms with Crippen LogP contribution < -0.4 is 5.73 Å². The van der Waals surface area contributed by atoms with Crippen molar-refractivity contribution in [1.82, 2.24) is 4.90 Å². The summed E-state index contributed by atoms with van der Waals surface area (Å²) < 4.78 is 0. The quantitative estimate of drug-likeness (QED) is 0.472. The third kappa shape index (κ3) is 7.93. The van der Waals surface area contributed by atoms with Crippen LogP contribution in [-0.2, 0) is 0 Å². The summed E-state index contributed by atoms with van der Waals surface area (Å²) in [6, 6.07) is 0. The molecule has 0 amide bonds. The molecule has 2 N–H and O–H groups in total. The molecule has 3 nitrogen and oxygen atoms in total. The van der Waals surface area contributed by atoms with Crippen molar-refractivity contribution in [1.29, 1.82) is 0 Å². The second kappa shape index (κ2) is 6.72. The van der Waals surface area contributed by atoms with E-state index in [1.54, 1.807) is 4.90 Å². The molecule has 0 bridgehead atoms. The monoisotopic (exact) mass is 289 g/mol. The summed E-state index contributed by atoms with van der Waals surface area (Å²) in [5.74, 6) is 0.460. The Morgan fingerprint density at radius 2 is 2.09 bits per heavy atom. The first-order chi connectivity index (χ1) is 4.54. The fourth-order valence-corrected chi connectivity index (χ4v) is 0.368. The number of nitrogens with two attached hydrogens (primary N) is 1. The summed E-state index contributed by atoms with van der Waals surface area (Å²) >= 11 is 5.45. The second-order valence-electron chi connectivity index (χ2n) is 2.09. The number of hydrogen-bond donors (Lipinski definition) is 1. The largest absolute Gasteiger partial charge is 0.370 e. The van der Waals surface area contributed by atoms with Gasteiger partial charge in [0.25, 0.3) is 0 Å². The van der Waals surface area contributed by atoms with Gasteiger partial charge in [-0.15, -0.1) is 24.0 Å². The van der Waals surface area contributed by atoms with Crippen molar-refractivity contribution in [2.75, 3.05) is 20.6 Å². The van der Waals surface area contributed by atoms with Crippen molar-refractivity contribution in [3.05, 3.63) is 11.6 Å². The first-order valence-corrected chi connectivity index (χ1v) is 3.22. The van der Waals surface area contributed by atoms with E-state index in [-0.39, 0.29) is 24.0 Å². The molecule has 0 aromatic rings. The van der Waals surface area contributed by atoms with Gasteiger partial charge in [-0.3, -0.25) is 0 Å². The average Bonchev–Trinajstić information content (AvgIpc) is 1.82. The first-order valence-electron chi connectivity index (χ1n) is 2.84. The minimum Gasteiger partial charge on any atom is -0.370 e. The molecule has 0 unspecified atom stereocenters. The van der Waals surface area contributed by atoms with Crippen LogP contribution in [0.1, 0.15) is 0 Å². The highest BCUT2D eigenvalue weighted by atomic mass is 127. The van der Waals surface area contributed by atoms with Crippen molar-refractivity contribution >= 4 is 41.5 Å². The minimum atomic E-state index is 0. The van der Waals surface area contributed by atoms with Crippen LogP contribution in [0, 0.1) is 0 Å². The maximum atomic E-state index is 5.45. The van der Waals surface area contributed by atoms with Crippen LogP contribution in [0.3, 0.4) is 0 Å². The van der Waals surface area contributed by atoms with Crippen molar-refractivity contribution in [2.24, 2.45) is 10.7 Å². The van der Waals surface area contributed by atoms with Gasteiger partial charge in [0.15, 0.2) is 5.96 Å². The fourth-order valence-electron chi connectivity index (χ4n) is 0.308. The SMILES string of the molecule is C=C(Cl)CN=C(N)N(C)C.I. The number of nitrogens with zero attached hydrogens (tertiary/aromatic N) is 2. The summed E-state index contributed by atoms with van der Waals surface area (Å²) in [7, 11) is 3.63. The lowest BCUT2D eigenvalue weighted by atomic mass is 10.6. The third-order valence-electron chi connectivity index (χ3n) is 0.871. The first kappa shape index (κ1) is 13.6. The van der Waals surface area contributed by atoms with Gasteiger partial charge in [-0.05, 0) is 0 Å². The highest BCUT2D eigenvalue weighted by Gasteiger charge is 1.92. The van der Waals surface area contributed by atoms with E-state index >= 15 is 0 Å². The van der Waals surface area contributed by atoms with Crippen molar-refractivity contribution in [3.63, 3.8) is 0 Å². The number of rotatable bonds is 2. The van der Waals surface area contributed by atoms with Gasteiger partial charge >= 0.3 is 0 Å².